The monoisotopic (exact) mass is 252 g/mol. The molecule has 0 aromatic heterocycles. The zero-order chi connectivity index (χ0) is 13.3. The Hall–Kier alpha value is -1.06. The lowest BCUT2D eigenvalue weighted by Gasteiger charge is -2.44. The van der Waals surface area contributed by atoms with E-state index in [2.05, 4.69) is 12.2 Å². The van der Waals surface area contributed by atoms with E-state index >= 15 is 0 Å². The molecule has 2 aliphatic rings. The zero-order valence-corrected chi connectivity index (χ0v) is 11.6. The summed E-state index contributed by atoms with van der Waals surface area (Å²) >= 11 is 0. The van der Waals surface area contributed by atoms with Crippen molar-refractivity contribution in [3.05, 3.63) is 0 Å². The molecule has 1 heterocycles. The van der Waals surface area contributed by atoms with E-state index in [1.54, 1.807) is 0 Å². The van der Waals surface area contributed by atoms with Gasteiger partial charge in [-0.1, -0.05) is 20.8 Å². The third kappa shape index (κ3) is 2.52. The summed E-state index contributed by atoms with van der Waals surface area (Å²) in [5.74, 6) is 1.04. The molecule has 1 N–H and O–H groups in total. The first-order valence-electron chi connectivity index (χ1n) is 7.09. The highest BCUT2D eigenvalue weighted by Gasteiger charge is 2.40. The molecule has 2 fully saturated rings. The molecule has 1 saturated carbocycles. The second kappa shape index (κ2) is 5.29. The van der Waals surface area contributed by atoms with E-state index in [1.165, 1.54) is 12.8 Å². The van der Waals surface area contributed by atoms with Crippen molar-refractivity contribution >= 4 is 11.8 Å². The van der Waals surface area contributed by atoms with Gasteiger partial charge in [0.15, 0.2) is 0 Å². The lowest BCUT2D eigenvalue weighted by Crippen LogP contribution is -2.63. The van der Waals surface area contributed by atoms with E-state index in [-0.39, 0.29) is 36.4 Å². The number of carbonyl (C=O) groups is 2. The number of hydrogen-bond donors (Lipinski definition) is 1. The summed E-state index contributed by atoms with van der Waals surface area (Å²) in [5, 5.41) is 2.71. The smallest absolute Gasteiger partial charge is 0.243 e. The number of piperazine rings is 1. The van der Waals surface area contributed by atoms with Crippen LogP contribution >= 0.6 is 0 Å². The van der Waals surface area contributed by atoms with Crippen LogP contribution in [0.4, 0.5) is 0 Å². The van der Waals surface area contributed by atoms with Crippen molar-refractivity contribution in [1.82, 2.24) is 10.2 Å². The molecule has 0 bridgehead atoms. The Bertz CT molecular complexity index is 333. The maximum absolute atomic E-state index is 12.1. The lowest BCUT2D eigenvalue weighted by molar-refractivity contribution is -0.151. The normalized spacial score (nSPS) is 33.8. The fourth-order valence-corrected chi connectivity index (χ4v) is 3.22. The van der Waals surface area contributed by atoms with Crippen LogP contribution in [0.2, 0.25) is 0 Å². The van der Waals surface area contributed by atoms with Gasteiger partial charge in [0.05, 0.1) is 6.54 Å². The van der Waals surface area contributed by atoms with Gasteiger partial charge in [-0.2, -0.15) is 0 Å². The molecule has 0 aromatic rings. The first-order chi connectivity index (χ1) is 8.50. The largest absolute Gasteiger partial charge is 0.345 e. The van der Waals surface area contributed by atoms with Gasteiger partial charge < -0.3 is 10.2 Å². The standard InChI is InChI=1S/C14H24N2O2/c1-9(2)13-14(18)15-8-12(17)16(13)11-6-4-10(3)5-7-11/h9-11,13H,4-8H2,1-3H3,(H,15,18). The molecule has 1 aliphatic carbocycles. The van der Waals surface area contributed by atoms with Crippen LogP contribution in [-0.2, 0) is 9.59 Å². The third-order valence-electron chi connectivity index (χ3n) is 4.28. The molecule has 0 spiro atoms. The van der Waals surface area contributed by atoms with Crippen LogP contribution in [-0.4, -0.2) is 35.3 Å². The van der Waals surface area contributed by atoms with Gasteiger partial charge in [-0.05, 0) is 37.5 Å². The van der Waals surface area contributed by atoms with Crippen LogP contribution in [0.1, 0.15) is 46.5 Å². The molecule has 4 heteroatoms. The SMILES string of the molecule is CC1CCC(N2C(=O)CNC(=O)C2C(C)C)CC1. The Morgan fingerprint density at radius 2 is 1.78 bits per heavy atom. The number of nitrogens with zero attached hydrogens (tertiary/aromatic N) is 1. The fraction of sp³-hybridized carbons (Fsp3) is 0.857. The number of carbonyl (C=O) groups excluding carboxylic acids is 2. The summed E-state index contributed by atoms with van der Waals surface area (Å²) in [6, 6.07) is -0.00296. The summed E-state index contributed by atoms with van der Waals surface area (Å²) in [4.78, 5) is 26.0. The van der Waals surface area contributed by atoms with Gasteiger partial charge in [-0.3, -0.25) is 9.59 Å². The van der Waals surface area contributed by atoms with Crippen LogP contribution < -0.4 is 5.32 Å². The molecule has 102 valence electrons. The molecule has 1 atom stereocenters. The number of amides is 2. The second-order valence-corrected chi connectivity index (χ2v) is 6.12. The average Bonchev–Trinajstić information content (AvgIpc) is 2.32. The summed E-state index contributed by atoms with van der Waals surface area (Å²) in [6.07, 6.45) is 4.43. The van der Waals surface area contributed by atoms with E-state index in [0.717, 1.165) is 18.8 Å². The quantitative estimate of drug-likeness (QED) is 0.810. The Morgan fingerprint density at radius 3 is 2.33 bits per heavy atom. The summed E-state index contributed by atoms with van der Waals surface area (Å²) < 4.78 is 0. The van der Waals surface area contributed by atoms with Crippen molar-refractivity contribution in [1.29, 1.82) is 0 Å². The van der Waals surface area contributed by atoms with E-state index in [1.807, 2.05) is 18.7 Å². The maximum atomic E-state index is 12.1. The third-order valence-corrected chi connectivity index (χ3v) is 4.28. The molecule has 4 nitrogen and oxygen atoms in total. The van der Waals surface area contributed by atoms with Gasteiger partial charge in [-0.15, -0.1) is 0 Å². The van der Waals surface area contributed by atoms with Crippen molar-refractivity contribution < 1.29 is 9.59 Å². The van der Waals surface area contributed by atoms with Gasteiger partial charge in [0.1, 0.15) is 6.04 Å². The van der Waals surface area contributed by atoms with Crippen molar-refractivity contribution in [3.8, 4) is 0 Å². The highest BCUT2D eigenvalue weighted by molar-refractivity contribution is 5.95. The zero-order valence-electron chi connectivity index (χ0n) is 11.6. The Labute approximate surface area is 109 Å². The molecule has 18 heavy (non-hydrogen) atoms. The molecule has 0 radical (unpaired) electrons. The predicted octanol–water partition coefficient (Wildman–Crippen LogP) is 1.55. The number of rotatable bonds is 2. The Kier molecular flexibility index (Phi) is 3.93. The first kappa shape index (κ1) is 13.4. The molecule has 2 rings (SSSR count). The molecule has 0 aromatic carbocycles. The van der Waals surface area contributed by atoms with Crippen LogP contribution in [0.25, 0.3) is 0 Å². The van der Waals surface area contributed by atoms with Gasteiger partial charge in [-0.25, -0.2) is 0 Å². The van der Waals surface area contributed by atoms with Crippen molar-refractivity contribution in [3.63, 3.8) is 0 Å². The van der Waals surface area contributed by atoms with E-state index < -0.39 is 0 Å². The summed E-state index contributed by atoms with van der Waals surface area (Å²) in [7, 11) is 0. The predicted molar refractivity (Wildman–Crippen MR) is 69.9 cm³/mol. The maximum Gasteiger partial charge on any atom is 0.243 e. The minimum atomic E-state index is -0.273. The number of hydrogen-bond acceptors (Lipinski definition) is 2. The highest BCUT2D eigenvalue weighted by Crippen LogP contribution is 2.30. The molecule has 1 unspecified atom stereocenters. The van der Waals surface area contributed by atoms with Crippen molar-refractivity contribution in [2.24, 2.45) is 11.8 Å². The van der Waals surface area contributed by atoms with Crippen LogP contribution in [0.15, 0.2) is 0 Å². The molecule has 2 amide bonds. The van der Waals surface area contributed by atoms with Gasteiger partial charge in [0.25, 0.3) is 0 Å². The minimum absolute atomic E-state index is 0.0169. The topological polar surface area (TPSA) is 49.4 Å². The van der Waals surface area contributed by atoms with E-state index in [0.29, 0.717) is 0 Å². The molecule has 1 aliphatic heterocycles. The minimum Gasteiger partial charge on any atom is -0.345 e. The van der Waals surface area contributed by atoms with Crippen molar-refractivity contribution in [2.45, 2.75) is 58.5 Å². The van der Waals surface area contributed by atoms with Crippen LogP contribution in [0, 0.1) is 11.8 Å². The average molecular weight is 252 g/mol. The van der Waals surface area contributed by atoms with Gasteiger partial charge in [0, 0.05) is 6.04 Å². The molecule has 1 saturated heterocycles. The fourth-order valence-electron chi connectivity index (χ4n) is 3.22. The summed E-state index contributed by atoms with van der Waals surface area (Å²) in [6.45, 7) is 6.47. The van der Waals surface area contributed by atoms with Crippen molar-refractivity contribution in [2.75, 3.05) is 6.54 Å². The van der Waals surface area contributed by atoms with E-state index in [4.69, 9.17) is 0 Å². The second-order valence-electron chi connectivity index (χ2n) is 6.12. The van der Waals surface area contributed by atoms with Gasteiger partial charge >= 0.3 is 0 Å². The molecular weight excluding hydrogens is 228 g/mol. The first-order valence-corrected chi connectivity index (χ1v) is 7.09. The lowest BCUT2D eigenvalue weighted by atomic mass is 9.84. The van der Waals surface area contributed by atoms with Gasteiger partial charge in [0.2, 0.25) is 11.8 Å². The molecular formula is C14H24N2O2. The Morgan fingerprint density at radius 1 is 1.17 bits per heavy atom. The number of nitrogens with one attached hydrogen (secondary N) is 1. The van der Waals surface area contributed by atoms with E-state index in [9.17, 15) is 9.59 Å². The highest BCUT2D eigenvalue weighted by atomic mass is 16.2. The Balaban J connectivity index is 2.15. The van der Waals surface area contributed by atoms with Crippen LogP contribution in [0.5, 0.6) is 0 Å². The summed E-state index contributed by atoms with van der Waals surface area (Å²) in [5.41, 5.74) is 0. The van der Waals surface area contributed by atoms with Crippen LogP contribution in [0.3, 0.4) is 0 Å².